The maximum atomic E-state index is 12.2. The maximum Gasteiger partial charge on any atom is 0.328 e. The van der Waals surface area contributed by atoms with Crippen LogP contribution >= 0.6 is 11.8 Å². The summed E-state index contributed by atoms with van der Waals surface area (Å²) in [7, 11) is 0. The zero-order valence-corrected chi connectivity index (χ0v) is 12.8. The smallest absolute Gasteiger partial charge is 0.328 e. The molecule has 2 rings (SSSR count). The van der Waals surface area contributed by atoms with Gasteiger partial charge < -0.3 is 10.4 Å². The van der Waals surface area contributed by atoms with Gasteiger partial charge in [0.15, 0.2) is 0 Å². The monoisotopic (exact) mass is 305 g/mol. The molecule has 21 heavy (non-hydrogen) atoms. The summed E-state index contributed by atoms with van der Waals surface area (Å²) in [4.78, 5) is 22.7. The molecule has 1 saturated heterocycles. The second-order valence-electron chi connectivity index (χ2n) is 5.28. The molecule has 1 amide bonds. The van der Waals surface area contributed by atoms with Crippen molar-refractivity contribution in [1.82, 2.24) is 5.32 Å². The van der Waals surface area contributed by atoms with Crippen LogP contribution in [0.3, 0.4) is 0 Å². The number of carbonyl (C=O) groups excluding carboxylic acids is 1. The van der Waals surface area contributed by atoms with E-state index in [9.17, 15) is 9.59 Å². The molecule has 0 saturated carbocycles. The Hall–Kier alpha value is -1.75. The largest absolute Gasteiger partial charge is 0.478 e. The fraction of sp³-hybridized carbons (Fsp3) is 0.375. The van der Waals surface area contributed by atoms with E-state index in [2.05, 4.69) is 5.32 Å². The van der Waals surface area contributed by atoms with E-state index in [1.807, 2.05) is 31.2 Å². The number of nitrogens with one attached hydrogen (secondary N) is 1. The molecule has 5 heteroatoms. The van der Waals surface area contributed by atoms with Gasteiger partial charge in [0, 0.05) is 12.6 Å². The molecule has 2 N–H and O–H groups in total. The normalized spacial score (nSPS) is 21.6. The first-order valence-electron chi connectivity index (χ1n) is 6.92. The van der Waals surface area contributed by atoms with Crippen LogP contribution in [0, 0.1) is 0 Å². The maximum absolute atomic E-state index is 12.2. The van der Waals surface area contributed by atoms with E-state index in [4.69, 9.17) is 5.11 Å². The second kappa shape index (κ2) is 6.80. The van der Waals surface area contributed by atoms with Crippen molar-refractivity contribution >= 4 is 29.7 Å². The summed E-state index contributed by atoms with van der Waals surface area (Å²) in [6.07, 6.45) is 4.66. The van der Waals surface area contributed by atoms with Crippen molar-refractivity contribution in [3.8, 4) is 0 Å². The van der Waals surface area contributed by atoms with Crippen molar-refractivity contribution in [3.05, 3.63) is 41.5 Å². The lowest BCUT2D eigenvalue weighted by Gasteiger charge is -2.21. The Morgan fingerprint density at radius 1 is 1.48 bits per heavy atom. The predicted octanol–water partition coefficient (Wildman–Crippen LogP) is 2.69. The number of amides is 1. The van der Waals surface area contributed by atoms with Crippen molar-refractivity contribution in [2.45, 2.75) is 31.1 Å². The van der Waals surface area contributed by atoms with Crippen LogP contribution in [0.15, 0.2) is 30.3 Å². The highest BCUT2D eigenvalue weighted by atomic mass is 32.2. The van der Waals surface area contributed by atoms with E-state index >= 15 is 0 Å². The summed E-state index contributed by atoms with van der Waals surface area (Å²) in [6.45, 7) is 2.45. The Labute approximate surface area is 128 Å². The minimum absolute atomic E-state index is 0.0801. The topological polar surface area (TPSA) is 66.4 Å². The van der Waals surface area contributed by atoms with Gasteiger partial charge in [-0.2, -0.15) is 0 Å². The molecule has 1 aliphatic heterocycles. The standard InChI is InChI=1S/C16H19NO3S/c1-16(8-3-9-21-16)15(20)17-11-13-5-2-4-12(10-13)6-7-14(18)19/h2,4-7,10H,3,8-9,11H2,1H3,(H,17,20)(H,18,19)/b7-6+. The third-order valence-electron chi connectivity index (χ3n) is 3.52. The molecule has 1 aromatic carbocycles. The average Bonchev–Trinajstić information content (AvgIpc) is 2.91. The number of rotatable bonds is 5. The summed E-state index contributed by atoms with van der Waals surface area (Å²) >= 11 is 1.71. The van der Waals surface area contributed by atoms with E-state index in [1.54, 1.807) is 17.8 Å². The van der Waals surface area contributed by atoms with Crippen molar-refractivity contribution in [2.24, 2.45) is 0 Å². The first kappa shape index (κ1) is 15.6. The average molecular weight is 305 g/mol. The summed E-state index contributed by atoms with van der Waals surface area (Å²) < 4.78 is -0.305. The highest BCUT2D eigenvalue weighted by Crippen LogP contribution is 2.37. The third-order valence-corrected chi connectivity index (χ3v) is 5.04. The quantitative estimate of drug-likeness (QED) is 0.821. The SMILES string of the molecule is CC1(C(=O)NCc2cccc(/C=C/C(=O)O)c2)CCCS1. The van der Waals surface area contributed by atoms with Gasteiger partial charge in [-0.05, 0) is 48.8 Å². The highest BCUT2D eigenvalue weighted by molar-refractivity contribution is 8.01. The molecular formula is C16H19NO3S. The molecule has 0 radical (unpaired) electrons. The van der Waals surface area contributed by atoms with E-state index in [0.29, 0.717) is 6.54 Å². The van der Waals surface area contributed by atoms with E-state index in [-0.39, 0.29) is 10.7 Å². The van der Waals surface area contributed by atoms with Crippen LogP contribution in [-0.4, -0.2) is 27.5 Å². The van der Waals surface area contributed by atoms with Crippen molar-refractivity contribution in [1.29, 1.82) is 0 Å². The lowest BCUT2D eigenvalue weighted by atomic mass is 10.0. The molecule has 0 bridgehead atoms. The van der Waals surface area contributed by atoms with Gasteiger partial charge in [0.05, 0.1) is 4.75 Å². The van der Waals surface area contributed by atoms with Crippen molar-refractivity contribution in [3.63, 3.8) is 0 Å². The fourth-order valence-corrected chi connectivity index (χ4v) is 3.53. The van der Waals surface area contributed by atoms with Gasteiger partial charge in [-0.15, -0.1) is 11.8 Å². The Morgan fingerprint density at radius 2 is 2.29 bits per heavy atom. The molecular weight excluding hydrogens is 286 g/mol. The van der Waals surface area contributed by atoms with Gasteiger partial charge >= 0.3 is 5.97 Å². The number of hydrogen-bond acceptors (Lipinski definition) is 3. The first-order chi connectivity index (χ1) is 9.99. The molecule has 1 atom stereocenters. The van der Waals surface area contributed by atoms with Gasteiger partial charge in [-0.1, -0.05) is 18.2 Å². The van der Waals surface area contributed by atoms with Gasteiger partial charge in [0.1, 0.15) is 0 Å². The number of hydrogen-bond donors (Lipinski definition) is 2. The van der Waals surface area contributed by atoms with Crippen LogP contribution in [0.1, 0.15) is 30.9 Å². The number of thioether (sulfide) groups is 1. The van der Waals surface area contributed by atoms with Gasteiger partial charge in [0.25, 0.3) is 0 Å². The minimum atomic E-state index is -0.972. The van der Waals surface area contributed by atoms with E-state index < -0.39 is 5.97 Å². The molecule has 1 heterocycles. The Balaban J connectivity index is 1.95. The summed E-state index contributed by atoms with van der Waals surface area (Å²) in [6, 6.07) is 7.49. The Bertz CT molecular complexity index is 562. The van der Waals surface area contributed by atoms with Crippen molar-refractivity contribution < 1.29 is 14.7 Å². The van der Waals surface area contributed by atoms with Crippen LogP contribution in [-0.2, 0) is 16.1 Å². The molecule has 0 spiro atoms. The van der Waals surface area contributed by atoms with Gasteiger partial charge in [0.2, 0.25) is 5.91 Å². The summed E-state index contributed by atoms with van der Waals surface area (Å²) in [5.74, 6) is 0.149. The van der Waals surface area contributed by atoms with Crippen LogP contribution in [0.2, 0.25) is 0 Å². The third kappa shape index (κ3) is 4.36. The summed E-state index contributed by atoms with van der Waals surface area (Å²) in [5.41, 5.74) is 1.77. The predicted molar refractivity (Wildman–Crippen MR) is 85.1 cm³/mol. The second-order valence-corrected chi connectivity index (χ2v) is 6.88. The zero-order chi connectivity index (χ0) is 15.3. The van der Waals surface area contributed by atoms with Crippen LogP contribution in [0.5, 0.6) is 0 Å². The zero-order valence-electron chi connectivity index (χ0n) is 12.0. The molecule has 1 fully saturated rings. The van der Waals surface area contributed by atoms with E-state index in [0.717, 1.165) is 35.8 Å². The van der Waals surface area contributed by atoms with E-state index in [1.165, 1.54) is 0 Å². The minimum Gasteiger partial charge on any atom is -0.478 e. The number of aliphatic carboxylic acids is 1. The Morgan fingerprint density at radius 3 is 2.95 bits per heavy atom. The van der Waals surface area contributed by atoms with Gasteiger partial charge in [-0.25, -0.2) is 4.79 Å². The molecule has 1 aromatic rings. The highest BCUT2D eigenvalue weighted by Gasteiger charge is 2.36. The Kier molecular flexibility index (Phi) is 5.07. The summed E-state index contributed by atoms with van der Waals surface area (Å²) in [5, 5.41) is 11.6. The molecule has 0 aromatic heterocycles. The molecule has 4 nitrogen and oxygen atoms in total. The number of carboxylic acids is 1. The van der Waals surface area contributed by atoms with Crippen LogP contribution in [0.25, 0.3) is 6.08 Å². The number of benzene rings is 1. The van der Waals surface area contributed by atoms with Crippen LogP contribution < -0.4 is 5.32 Å². The van der Waals surface area contributed by atoms with Gasteiger partial charge in [-0.3, -0.25) is 4.79 Å². The molecule has 1 unspecified atom stereocenters. The fourth-order valence-electron chi connectivity index (χ4n) is 2.30. The number of carboxylic acid groups (broad SMARTS) is 1. The first-order valence-corrected chi connectivity index (χ1v) is 7.90. The van der Waals surface area contributed by atoms with Crippen molar-refractivity contribution in [2.75, 3.05) is 5.75 Å². The number of carbonyl (C=O) groups is 2. The van der Waals surface area contributed by atoms with Crippen LogP contribution in [0.4, 0.5) is 0 Å². The lowest BCUT2D eigenvalue weighted by molar-refractivity contribution is -0.131. The molecule has 112 valence electrons. The molecule has 1 aliphatic rings. The molecule has 0 aliphatic carbocycles. The lowest BCUT2D eigenvalue weighted by Crippen LogP contribution is -2.39.